The number of nitrogens with zero attached hydrogens (tertiary/aromatic N) is 2. The Labute approximate surface area is 111 Å². The van der Waals surface area contributed by atoms with Crippen molar-refractivity contribution in [2.24, 2.45) is 0 Å². The third-order valence-electron chi connectivity index (χ3n) is 3.31. The average molecular weight is 284 g/mol. The molecule has 0 aliphatic carbocycles. The molecule has 2 aromatic rings. The van der Waals surface area contributed by atoms with Crippen molar-refractivity contribution in [3.63, 3.8) is 0 Å². The molecule has 0 amide bonds. The molecule has 1 aromatic heterocycles. The molecular weight excluding hydrogens is 273 g/mol. The van der Waals surface area contributed by atoms with Crippen LogP contribution in [0.4, 0.5) is 19.2 Å². The predicted octanol–water partition coefficient (Wildman–Crippen LogP) is 2.81. The quantitative estimate of drug-likeness (QED) is 0.808. The summed E-state index contributed by atoms with van der Waals surface area (Å²) in [7, 11) is 0. The lowest BCUT2D eigenvalue weighted by atomic mass is 10.1. The number of fused-ring (bicyclic) bond motifs is 1. The van der Waals surface area contributed by atoms with Gasteiger partial charge in [0.05, 0.1) is 10.9 Å². The highest BCUT2D eigenvalue weighted by Gasteiger charge is 2.31. The number of rotatable bonds is 1. The minimum Gasteiger partial charge on any atom is -0.425 e. The number of hydrogen-bond donors (Lipinski definition) is 0. The van der Waals surface area contributed by atoms with Crippen molar-refractivity contribution >= 4 is 17.0 Å². The van der Waals surface area contributed by atoms with Gasteiger partial charge >= 0.3 is 12.2 Å². The first-order chi connectivity index (χ1) is 9.45. The smallest absolute Gasteiger partial charge is 0.416 e. The van der Waals surface area contributed by atoms with Crippen molar-refractivity contribution in [2.45, 2.75) is 19.0 Å². The van der Waals surface area contributed by atoms with E-state index in [1.807, 2.05) is 4.90 Å². The van der Waals surface area contributed by atoms with Gasteiger partial charge in [-0.3, -0.25) is 4.79 Å². The molecule has 106 valence electrons. The van der Waals surface area contributed by atoms with Crippen molar-refractivity contribution in [1.82, 2.24) is 4.98 Å². The summed E-state index contributed by atoms with van der Waals surface area (Å²) in [6, 6.07) is 3.03. The molecule has 0 bridgehead atoms. The molecule has 0 atom stereocenters. The van der Waals surface area contributed by atoms with Crippen LogP contribution in [0.15, 0.2) is 27.4 Å². The van der Waals surface area contributed by atoms with Crippen molar-refractivity contribution in [1.29, 1.82) is 0 Å². The first kappa shape index (κ1) is 13.0. The van der Waals surface area contributed by atoms with Gasteiger partial charge in [-0.05, 0) is 31.0 Å². The van der Waals surface area contributed by atoms with Gasteiger partial charge in [-0.1, -0.05) is 0 Å². The van der Waals surface area contributed by atoms with Gasteiger partial charge in [0.1, 0.15) is 5.58 Å². The Hall–Kier alpha value is -2.05. The maximum absolute atomic E-state index is 12.6. The van der Waals surface area contributed by atoms with Crippen LogP contribution < -0.4 is 10.5 Å². The number of benzene rings is 1. The van der Waals surface area contributed by atoms with Gasteiger partial charge in [0.25, 0.3) is 5.56 Å². The third-order valence-corrected chi connectivity index (χ3v) is 3.31. The molecule has 4 nitrogen and oxygen atoms in total. The second kappa shape index (κ2) is 4.50. The zero-order chi connectivity index (χ0) is 14.3. The Morgan fingerprint density at radius 1 is 1.20 bits per heavy atom. The molecule has 0 N–H and O–H groups in total. The number of hydrogen-bond acceptors (Lipinski definition) is 4. The van der Waals surface area contributed by atoms with E-state index >= 15 is 0 Å². The summed E-state index contributed by atoms with van der Waals surface area (Å²) < 4.78 is 43.3. The maximum Gasteiger partial charge on any atom is 0.416 e. The van der Waals surface area contributed by atoms with E-state index in [-0.39, 0.29) is 17.0 Å². The summed E-state index contributed by atoms with van der Waals surface area (Å²) in [4.78, 5) is 17.4. The highest BCUT2D eigenvalue weighted by molar-refractivity contribution is 5.77. The van der Waals surface area contributed by atoms with Gasteiger partial charge in [-0.15, -0.1) is 0 Å². The predicted molar refractivity (Wildman–Crippen MR) is 66.7 cm³/mol. The summed E-state index contributed by atoms with van der Waals surface area (Å²) in [6.07, 6.45) is -2.53. The van der Waals surface area contributed by atoms with Gasteiger partial charge in [0.2, 0.25) is 0 Å². The molecule has 1 saturated heterocycles. The molecule has 2 heterocycles. The first-order valence-electron chi connectivity index (χ1n) is 6.22. The number of halogens is 3. The molecule has 0 saturated carbocycles. The van der Waals surface area contributed by atoms with Crippen LogP contribution in [0.1, 0.15) is 18.4 Å². The van der Waals surface area contributed by atoms with Crippen molar-refractivity contribution in [3.05, 3.63) is 34.1 Å². The van der Waals surface area contributed by atoms with Crippen LogP contribution in [0.5, 0.6) is 0 Å². The molecule has 1 fully saturated rings. The highest BCUT2D eigenvalue weighted by Crippen LogP contribution is 2.31. The number of anilines is 1. The van der Waals surface area contributed by atoms with E-state index in [4.69, 9.17) is 4.42 Å². The Morgan fingerprint density at radius 3 is 2.55 bits per heavy atom. The fourth-order valence-electron chi connectivity index (χ4n) is 2.27. The maximum atomic E-state index is 12.6. The molecule has 1 aliphatic heterocycles. The monoisotopic (exact) mass is 284 g/mol. The van der Waals surface area contributed by atoms with Crippen LogP contribution in [-0.4, -0.2) is 18.1 Å². The largest absolute Gasteiger partial charge is 0.425 e. The molecule has 1 aromatic carbocycles. The van der Waals surface area contributed by atoms with Crippen molar-refractivity contribution in [2.75, 3.05) is 18.0 Å². The van der Waals surface area contributed by atoms with Crippen LogP contribution in [-0.2, 0) is 6.18 Å². The lowest BCUT2D eigenvalue weighted by molar-refractivity contribution is -0.137. The summed E-state index contributed by atoms with van der Waals surface area (Å²) in [6.45, 7) is 1.48. The van der Waals surface area contributed by atoms with Gasteiger partial charge in [0, 0.05) is 13.1 Å². The summed E-state index contributed by atoms with van der Waals surface area (Å²) >= 11 is 0. The van der Waals surface area contributed by atoms with Crippen LogP contribution in [0.2, 0.25) is 0 Å². The van der Waals surface area contributed by atoms with Crippen LogP contribution >= 0.6 is 0 Å². The Morgan fingerprint density at radius 2 is 1.90 bits per heavy atom. The van der Waals surface area contributed by atoms with Gasteiger partial charge in [0.15, 0.2) is 0 Å². The van der Waals surface area contributed by atoms with Gasteiger partial charge in [-0.25, -0.2) is 0 Å². The number of alkyl halides is 3. The lowest BCUT2D eigenvalue weighted by Gasteiger charge is -2.14. The molecule has 0 radical (unpaired) electrons. The molecule has 20 heavy (non-hydrogen) atoms. The van der Waals surface area contributed by atoms with E-state index in [0.717, 1.165) is 38.1 Å². The molecule has 3 rings (SSSR count). The lowest BCUT2D eigenvalue weighted by Crippen LogP contribution is -2.22. The Kier molecular flexibility index (Phi) is 2.92. The molecule has 0 spiro atoms. The van der Waals surface area contributed by atoms with Crippen LogP contribution in [0.25, 0.3) is 11.0 Å². The van der Waals surface area contributed by atoms with E-state index in [1.54, 1.807) is 0 Å². The fourth-order valence-corrected chi connectivity index (χ4v) is 2.27. The normalized spacial score (nSPS) is 16.1. The van der Waals surface area contributed by atoms with Crippen LogP contribution in [0.3, 0.4) is 0 Å². The molecule has 0 unspecified atom stereocenters. The van der Waals surface area contributed by atoms with E-state index in [2.05, 4.69) is 4.98 Å². The van der Waals surface area contributed by atoms with E-state index in [9.17, 15) is 18.0 Å². The van der Waals surface area contributed by atoms with Crippen LogP contribution in [0, 0.1) is 0 Å². The second-order valence-corrected chi connectivity index (χ2v) is 4.70. The summed E-state index contributed by atoms with van der Waals surface area (Å²) in [5, 5.41) is -0.150. The Balaban J connectivity index is 2.12. The zero-order valence-corrected chi connectivity index (χ0v) is 10.4. The minimum absolute atomic E-state index is 0.125. The highest BCUT2D eigenvalue weighted by atomic mass is 19.4. The van der Waals surface area contributed by atoms with E-state index in [1.165, 1.54) is 6.07 Å². The van der Waals surface area contributed by atoms with E-state index < -0.39 is 17.3 Å². The fraction of sp³-hybridized carbons (Fsp3) is 0.385. The number of aromatic nitrogens is 1. The standard InChI is InChI=1S/C13H11F3N2O2/c14-13(15,16)8-3-4-10-9(7-8)11(19)17-12(20-10)18-5-1-2-6-18/h3-4,7H,1-2,5-6H2. The third kappa shape index (κ3) is 2.23. The first-order valence-corrected chi connectivity index (χ1v) is 6.22. The summed E-state index contributed by atoms with van der Waals surface area (Å²) in [5.74, 6) is 0. The van der Waals surface area contributed by atoms with Gasteiger partial charge < -0.3 is 9.32 Å². The second-order valence-electron chi connectivity index (χ2n) is 4.70. The average Bonchev–Trinajstić information content (AvgIpc) is 2.91. The van der Waals surface area contributed by atoms with Crippen molar-refractivity contribution < 1.29 is 17.6 Å². The topological polar surface area (TPSA) is 46.3 Å². The molecule has 1 aliphatic rings. The zero-order valence-electron chi connectivity index (χ0n) is 10.4. The minimum atomic E-state index is -4.49. The summed E-state index contributed by atoms with van der Waals surface area (Å²) in [5.41, 5.74) is -1.45. The molecular formula is C13H11F3N2O2. The van der Waals surface area contributed by atoms with Crippen molar-refractivity contribution in [3.8, 4) is 0 Å². The molecule has 7 heteroatoms. The van der Waals surface area contributed by atoms with Gasteiger partial charge in [-0.2, -0.15) is 18.2 Å². The Bertz CT molecular complexity index is 703. The van der Waals surface area contributed by atoms with E-state index in [0.29, 0.717) is 0 Å². The SMILES string of the molecule is O=c1nc(N2CCCC2)oc2ccc(C(F)(F)F)cc12.